The van der Waals surface area contributed by atoms with E-state index in [1.54, 1.807) is 37.1 Å². The first-order valence-electron chi connectivity index (χ1n) is 6.55. The molecule has 1 aromatic carbocycles. The molecule has 1 atom stereocenters. The van der Waals surface area contributed by atoms with Crippen molar-refractivity contribution in [3.8, 4) is 5.75 Å². The summed E-state index contributed by atoms with van der Waals surface area (Å²) in [6.45, 7) is 1.86. The molecular weight excluding hydrogens is 290 g/mol. The van der Waals surface area contributed by atoms with Crippen LogP contribution in [0, 0.1) is 6.92 Å². The van der Waals surface area contributed by atoms with Crippen molar-refractivity contribution in [1.82, 2.24) is 5.32 Å². The van der Waals surface area contributed by atoms with Crippen molar-refractivity contribution in [2.75, 3.05) is 26.2 Å². The maximum absolute atomic E-state index is 12.2. The standard InChI is InChI=1S/C15H21NO4S/c1-10-9-11(5-6-13(10)19-2)14(17)16-12(7-8-21-4)15(18)20-3/h5-6,9,12H,7-8H2,1-4H3,(H,16,17). The second-order valence-electron chi connectivity index (χ2n) is 4.52. The lowest BCUT2D eigenvalue weighted by Crippen LogP contribution is -2.41. The molecular formula is C15H21NO4S. The number of esters is 1. The first kappa shape index (κ1) is 17.4. The molecule has 0 bridgehead atoms. The van der Waals surface area contributed by atoms with Gasteiger partial charge in [-0.3, -0.25) is 4.79 Å². The molecule has 0 aliphatic rings. The van der Waals surface area contributed by atoms with Crippen LogP contribution in [-0.4, -0.2) is 44.1 Å². The number of nitrogens with one attached hydrogen (secondary N) is 1. The minimum Gasteiger partial charge on any atom is -0.496 e. The van der Waals surface area contributed by atoms with Gasteiger partial charge in [0.25, 0.3) is 5.91 Å². The van der Waals surface area contributed by atoms with Crippen LogP contribution in [0.3, 0.4) is 0 Å². The summed E-state index contributed by atoms with van der Waals surface area (Å²) in [6.07, 6.45) is 2.48. The van der Waals surface area contributed by atoms with Gasteiger partial charge in [0.05, 0.1) is 14.2 Å². The highest BCUT2D eigenvalue weighted by Crippen LogP contribution is 2.18. The van der Waals surface area contributed by atoms with Gasteiger partial charge < -0.3 is 14.8 Å². The number of methoxy groups -OCH3 is 2. The van der Waals surface area contributed by atoms with Crippen LogP contribution in [0.5, 0.6) is 5.75 Å². The minimum atomic E-state index is -0.627. The Balaban J connectivity index is 2.81. The third kappa shape index (κ3) is 4.97. The van der Waals surface area contributed by atoms with E-state index in [0.29, 0.717) is 12.0 Å². The normalized spacial score (nSPS) is 11.6. The molecule has 0 aliphatic heterocycles. The van der Waals surface area contributed by atoms with Gasteiger partial charge in [-0.05, 0) is 49.1 Å². The SMILES string of the molecule is COC(=O)C(CCSC)NC(=O)c1ccc(OC)c(C)c1. The number of hydrogen-bond donors (Lipinski definition) is 1. The molecule has 116 valence electrons. The minimum absolute atomic E-state index is 0.294. The van der Waals surface area contributed by atoms with Crippen LogP contribution in [0.2, 0.25) is 0 Å². The van der Waals surface area contributed by atoms with Crippen molar-refractivity contribution in [2.45, 2.75) is 19.4 Å². The molecule has 0 spiro atoms. The molecule has 1 amide bonds. The van der Waals surface area contributed by atoms with Crippen LogP contribution < -0.4 is 10.1 Å². The quantitative estimate of drug-likeness (QED) is 0.781. The van der Waals surface area contributed by atoms with E-state index in [1.807, 2.05) is 13.2 Å². The van der Waals surface area contributed by atoms with E-state index in [1.165, 1.54) is 7.11 Å². The van der Waals surface area contributed by atoms with Crippen molar-refractivity contribution in [3.05, 3.63) is 29.3 Å². The average molecular weight is 311 g/mol. The van der Waals surface area contributed by atoms with E-state index < -0.39 is 12.0 Å². The van der Waals surface area contributed by atoms with Gasteiger partial charge in [-0.15, -0.1) is 0 Å². The smallest absolute Gasteiger partial charge is 0.328 e. The zero-order valence-corrected chi connectivity index (χ0v) is 13.6. The summed E-state index contributed by atoms with van der Waals surface area (Å²) in [5, 5.41) is 2.72. The molecule has 0 saturated carbocycles. The monoisotopic (exact) mass is 311 g/mol. The van der Waals surface area contributed by atoms with Crippen LogP contribution in [0.25, 0.3) is 0 Å². The van der Waals surface area contributed by atoms with E-state index in [-0.39, 0.29) is 5.91 Å². The lowest BCUT2D eigenvalue weighted by Gasteiger charge is -2.16. The fourth-order valence-electron chi connectivity index (χ4n) is 1.89. The summed E-state index contributed by atoms with van der Waals surface area (Å²) >= 11 is 1.61. The molecule has 1 N–H and O–H groups in total. The van der Waals surface area contributed by atoms with Gasteiger partial charge in [-0.1, -0.05) is 0 Å². The van der Waals surface area contributed by atoms with Gasteiger partial charge in [0.1, 0.15) is 11.8 Å². The number of carbonyl (C=O) groups excluding carboxylic acids is 2. The highest BCUT2D eigenvalue weighted by Gasteiger charge is 2.21. The van der Waals surface area contributed by atoms with E-state index >= 15 is 0 Å². The summed E-state index contributed by atoms with van der Waals surface area (Å²) in [6, 6.07) is 4.51. The zero-order valence-electron chi connectivity index (χ0n) is 12.8. The second kappa shape index (κ2) is 8.56. The number of thioether (sulfide) groups is 1. The summed E-state index contributed by atoms with van der Waals surface area (Å²) in [5.74, 6) is 0.764. The summed E-state index contributed by atoms with van der Waals surface area (Å²) in [7, 11) is 2.90. The zero-order chi connectivity index (χ0) is 15.8. The van der Waals surface area contributed by atoms with Crippen LogP contribution in [0.15, 0.2) is 18.2 Å². The maximum atomic E-state index is 12.2. The van der Waals surface area contributed by atoms with Crippen molar-refractivity contribution in [3.63, 3.8) is 0 Å². The number of rotatable bonds is 7. The third-order valence-corrected chi connectivity index (χ3v) is 3.70. The lowest BCUT2D eigenvalue weighted by molar-refractivity contribution is -0.142. The number of amides is 1. The second-order valence-corrected chi connectivity index (χ2v) is 5.50. The molecule has 0 heterocycles. The Morgan fingerprint density at radius 3 is 2.57 bits per heavy atom. The summed E-state index contributed by atoms with van der Waals surface area (Å²) < 4.78 is 9.88. The average Bonchev–Trinajstić information content (AvgIpc) is 2.50. The molecule has 0 aromatic heterocycles. The number of hydrogen-bond acceptors (Lipinski definition) is 5. The number of carbonyl (C=O) groups is 2. The molecule has 1 rings (SSSR count). The number of ether oxygens (including phenoxy) is 2. The summed E-state index contributed by atoms with van der Waals surface area (Å²) in [5.41, 5.74) is 1.36. The fourth-order valence-corrected chi connectivity index (χ4v) is 2.36. The summed E-state index contributed by atoms with van der Waals surface area (Å²) in [4.78, 5) is 23.9. The molecule has 0 saturated heterocycles. The van der Waals surface area contributed by atoms with Gasteiger partial charge in [-0.25, -0.2) is 4.79 Å². The molecule has 21 heavy (non-hydrogen) atoms. The lowest BCUT2D eigenvalue weighted by atomic mass is 10.1. The predicted molar refractivity (Wildman–Crippen MR) is 84.0 cm³/mol. The van der Waals surface area contributed by atoms with E-state index in [4.69, 9.17) is 9.47 Å². The van der Waals surface area contributed by atoms with Gasteiger partial charge in [0.2, 0.25) is 0 Å². The van der Waals surface area contributed by atoms with Gasteiger partial charge >= 0.3 is 5.97 Å². The maximum Gasteiger partial charge on any atom is 0.328 e. The highest BCUT2D eigenvalue weighted by atomic mass is 32.2. The van der Waals surface area contributed by atoms with E-state index in [0.717, 1.165) is 17.1 Å². The third-order valence-electron chi connectivity index (χ3n) is 3.06. The van der Waals surface area contributed by atoms with Crippen molar-refractivity contribution in [2.24, 2.45) is 0 Å². The van der Waals surface area contributed by atoms with Crippen molar-refractivity contribution < 1.29 is 19.1 Å². The molecule has 0 radical (unpaired) electrons. The fraction of sp³-hybridized carbons (Fsp3) is 0.467. The Morgan fingerprint density at radius 2 is 2.05 bits per heavy atom. The largest absolute Gasteiger partial charge is 0.496 e. The molecule has 0 fully saturated rings. The van der Waals surface area contributed by atoms with Crippen LogP contribution in [0.4, 0.5) is 0 Å². The topological polar surface area (TPSA) is 64.6 Å². The van der Waals surface area contributed by atoms with E-state index in [2.05, 4.69) is 5.32 Å². The molecule has 5 nitrogen and oxygen atoms in total. The van der Waals surface area contributed by atoms with Gasteiger partial charge in [0.15, 0.2) is 0 Å². The predicted octanol–water partition coefficient (Wildman–Crippen LogP) is 2.03. The Morgan fingerprint density at radius 1 is 1.33 bits per heavy atom. The Kier molecular flexibility index (Phi) is 7.08. The highest BCUT2D eigenvalue weighted by molar-refractivity contribution is 7.98. The van der Waals surface area contributed by atoms with Crippen LogP contribution >= 0.6 is 11.8 Å². The molecule has 1 aromatic rings. The number of benzene rings is 1. The first-order chi connectivity index (χ1) is 10.0. The Hall–Kier alpha value is -1.69. The Labute approximate surface area is 129 Å². The molecule has 0 aliphatic carbocycles. The van der Waals surface area contributed by atoms with Gasteiger partial charge in [-0.2, -0.15) is 11.8 Å². The van der Waals surface area contributed by atoms with Crippen molar-refractivity contribution in [1.29, 1.82) is 0 Å². The first-order valence-corrected chi connectivity index (χ1v) is 7.95. The van der Waals surface area contributed by atoms with Crippen LogP contribution in [0.1, 0.15) is 22.3 Å². The molecule has 6 heteroatoms. The number of aryl methyl sites for hydroxylation is 1. The van der Waals surface area contributed by atoms with Crippen LogP contribution in [-0.2, 0) is 9.53 Å². The Bertz CT molecular complexity index is 504. The van der Waals surface area contributed by atoms with Gasteiger partial charge in [0, 0.05) is 5.56 Å². The molecule has 1 unspecified atom stereocenters. The van der Waals surface area contributed by atoms with E-state index in [9.17, 15) is 9.59 Å². The van der Waals surface area contributed by atoms with Crippen molar-refractivity contribution >= 4 is 23.6 Å².